The highest BCUT2D eigenvalue weighted by atomic mass is 35.5. The molecule has 10 heteroatoms. The number of aryl methyl sites for hydroxylation is 1. The summed E-state index contributed by atoms with van der Waals surface area (Å²) in [6.07, 6.45) is 0. The van der Waals surface area contributed by atoms with Gasteiger partial charge >= 0.3 is 0 Å². The van der Waals surface area contributed by atoms with Crippen LogP contribution >= 0.6 is 11.6 Å². The molecule has 8 nitrogen and oxygen atoms in total. The van der Waals surface area contributed by atoms with Crippen LogP contribution in [0.15, 0.2) is 77.7 Å². The largest absolute Gasteiger partial charge is 0.495 e. The molecule has 0 saturated heterocycles. The molecule has 0 unspecified atom stereocenters. The van der Waals surface area contributed by atoms with Crippen LogP contribution in [0.25, 0.3) is 0 Å². The first kappa shape index (κ1) is 31.0. The van der Waals surface area contributed by atoms with E-state index in [2.05, 4.69) is 5.32 Å². The molecule has 2 amide bonds. The first-order valence-electron chi connectivity index (χ1n) is 13.0. The Kier molecular flexibility index (Phi) is 10.6. The smallest absolute Gasteiger partial charge is 0.264 e. The first-order chi connectivity index (χ1) is 18.9. The summed E-state index contributed by atoms with van der Waals surface area (Å²) in [5.74, 6) is -0.419. The van der Waals surface area contributed by atoms with Gasteiger partial charge in [-0.15, -0.1) is 0 Å². The Morgan fingerprint density at radius 2 is 1.62 bits per heavy atom. The normalized spacial score (nSPS) is 12.1. The maximum Gasteiger partial charge on any atom is 0.264 e. The monoisotopic (exact) mass is 585 g/mol. The minimum atomic E-state index is -4.20. The molecule has 0 radical (unpaired) electrons. The van der Waals surface area contributed by atoms with Crippen molar-refractivity contribution in [2.75, 3.05) is 24.5 Å². The molecule has 0 aliphatic heterocycles. The zero-order chi connectivity index (χ0) is 29.4. The number of sulfonamides is 1. The van der Waals surface area contributed by atoms with Crippen molar-refractivity contribution < 1.29 is 22.7 Å². The molecule has 0 fully saturated rings. The summed E-state index contributed by atoms with van der Waals surface area (Å²) < 4.78 is 34.5. The van der Waals surface area contributed by atoms with E-state index in [1.54, 1.807) is 67.6 Å². The van der Waals surface area contributed by atoms with Gasteiger partial charge in [-0.2, -0.15) is 0 Å². The van der Waals surface area contributed by atoms with Crippen molar-refractivity contribution in [1.29, 1.82) is 0 Å². The highest BCUT2D eigenvalue weighted by Crippen LogP contribution is 2.33. The molecular weight excluding hydrogens is 550 g/mol. The molecule has 0 bridgehead atoms. The van der Waals surface area contributed by atoms with Gasteiger partial charge in [-0.25, -0.2) is 8.42 Å². The van der Waals surface area contributed by atoms with E-state index in [-0.39, 0.29) is 29.0 Å². The van der Waals surface area contributed by atoms with E-state index < -0.39 is 28.5 Å². The lowest BCUT2D eigenvalue weighted by Crippen LogP contribution is -2.51. The number of hydrogen-bond acceptors (Lipinski definition) is 5. The fraction of sp³-hybridized carbons (Fsp3) is 0.333. The number of nitrogens with one attached hydrogen (secondary N) is 1. The molecule has 0 aliphatic rings. The lowest BCUT2D eigenvalue weighted by Gasteiger charge is -2.32. The fourth-order valence-electron chi connectivity index (χ4n) is 4.07. The third kappa shape index (κ3) is 7.55. The summed E-state index contributed by atoms with van der Waals surface area (Å²) in [7, 11) is -2.76. The fourth-order valence-corrected chi connectivity index (χ4v) is 5.71. The molecule has 0 spiro atoms. The van der Waals surface area contributed by atoms with E-state index in [0.29, 0.717) is 22.9 Å². The number of carbonyl (C=O) groups is 2. The van der Waals surface area contributed by atoms with E-state index in [4.69, 9.17) is 16.3 Å². The molecule has 3 rings (SSSR count). The van der Waals surface area contributed by atoms with E-state index in [1.807, 2.05) is 20.8 Å². The van der Waals surface area contributed by atoms with Crippen molar-refractivity contribution >= 4 is 39.1 Å². The second-order valence-corrected chi connectivity index (χ2v) is 12.2. The van der Waals surface area contributed by atoms with Crippen LogP contribution in [-0.2, 0) is 26.2 Å². The Morgan fingerprint density at radius 3 is 2.25 bits per heavy atom. The van der Waals surface area contributed by atoms with Gasteiger partial charge in [0, 0.05) is 18.1 Å². The Balaban J connectivity index is 2.08. The number of amides is 2. The predicted octanol–water partition coefficient (Wildman–Crippen LogP) is 5.04. The van der Waals surface area contributed by atoms with Crippen LogP contribution in [0, 0.1) is 12.8 Å². The van der Waals surface area contributed by atoms with Crippen molar-refractivity contribution in [3.8, 4) is 5.75 Å². The molecule has 40 heavy (non-hydrogen) atoms. The van der Waals surface area contributed by atoms with Crippen molar-refractivity contribution in [3.05, 3.63) is 88.9 Å². The lowest BCUT2D eigenvalue weighted by atomic mass is 10.1. The number of nitrogens with zero attached hydrogens (tertiary/aromatic N) is 2. The minimum absolute atomic E-state index is 0.0128. The van der Waals surface area contributed by atoms with Gasteiger partial charge in [0.05, 0.1) is 17.7 Å². The Labute approximate surface area is 241 Å². The van der Waals surface area contributed by atoms with Crippen LogP contribution in [-0.4, -0.2) is 51.4 Å². The van der Waals surface area contributed by atoms with E-state index in [9.17, 15) is 18.0 Å². The van der Waals surface area contributed by atoms with Crippen molar-refractivity contribution in [2.45, 2.75) is 45.2 Å². The van der Waals surface area contributed by atoms with Gasteiger partial charge in [0.2, 0.25) is 11.8 Å². The molecule has 1 N–H and O–H groups in total. The highest BCUT2D eigenvalue weighted by molar-refractivity contribution is 7.92. The average molecular weight is 586 g/mol. The molecule has 3 aromatic rings. The molecule has 0 aliphatic carbocycles. The maximum atomic E-state index is 14.0. The Bertz CT molecular complexity index is 1430. The highest BCUT2D eigenvalue weighted by Gasteiger charge is 2.34. The van der Waals surface area contributed by atoms with E-state index >= 15 is 0 Å². The van der Waals surface area contributed by atoms with Gasteiger partial charge in [-0.1, -0.05) is 67.9 Å². The van der Waals surface area contributed by atoms with Crippen LogP contribution in [0.1, 0.15) is 31.9 Å². The summed E-state index contributed by atoms with van der Waals surface area (Å²) in [6.45, 7) is 7.27. The molecule has 1 atom stereocenters. The van der Waals surface area contributed by atoms with Gasteiger partial charge in [0.1, 0.15) is 18.3 Å². The number of hydrogen-bond donors (Lipinski definition) is 1. The van der Waals surface area contributed by atoms with E-state index in [1.165, 1.54) is 24.1 Å². The van der Waals surface area contributed by atoms with Crippen molar-refractivity contribution in [1.82, 2.24) is 10.2 Å². The summed E-state index contributed by atoms with van der Waals surface area (Å²) in [5.41, 5.74) is 1.63. The number of anilines is 1. The van der Waals surface area contributed by atoms with Gasteiger partial charge in [0.25, 0.3) is 10.0 Å². The quantitative estimate of drug-likeness (QED) is 0.321. The number of halogens is 1. The number of carbonyl (C=O) groups excluding carboxylic acids is 2. The summed E-state index contributed by atoms with van der Waals surface area (Å²) in [4.78, 5) is 28.5. The number of benzene rings is 3. The van der Waals surface area contributed by atoms with Crippen LogP contribution < -0.4 is 14.4 Å². The number of methoxy groups -OCH3 is 1. The zero-order valence-electron chi connectivity index (χ0n) is 23.4. The topological polar surface area (TPSA) is 96.0 Å². The van der Waals surface area contributed by atoms with Crippen molar-refractivity contribution in [3.63, 3.8) is 0 Å². The van der Waals surface area contributed by atoms with Crippen LogP contribution in [0.4, 0.5) is 5.69 Å². The third-order valence-electron chi connectivity index (χ3n) is 6.36. The van der Waals surface area contributed by atoms with E-state index in [0.717, 1.165) is 9.87 Å². The Morgan fingerprint density at radius 1 is 0.975 bits per heavy atom. The van der Waals surface area contributed by atoms with Gasteiger partial charge in [-0.05, 0) is 61.2 Å². The average Bonchev–Trinajstić information content (AvgIpc) is 2.94. The molecule has 214 valence electrons. The SMILES string of the molecule is COc1ccc(C)cc1N(CC(=O)N(Cc1ccccc1Cl)[C@@H](C)C(=O)NCC(C)C)S(=O)(=O)c1ccccc1. The van der Waals surface area contributed by atoms with Crippen molar-refractivity contribution in [2.24, 2.45) is 5.92 Å². The Hall–Kier alpha value is -3.56. The predicted molar refractivity (Wildman–Crippen MR) is 158 cm³/mol. The summed E-state index contributed by atoms with van der Waals surface area (Å²) >= 11 is 6.41. The van der Waals surface area contributed by atoms with Gasteiger partial charge < -0.3 is 15.0 Å². The first-order valence-corrected chi connectivity index (χ1v) is 14.8. The second kappa shape index (κ2) is 13.7. The molecule has 0 aromatic heterocycles. The minimum Gasteiger partial charge on any atom is -0.495 e. The van der Waals surface area contributed by atoms with Crippen LogP contribution in [0.3, 0.4) is 0 Å². The summed E-state index contributed by atoms with van der Waals surface area (Å²) in [6, 6.07) is 19.1. The zero-order valence-corrected chi connectivity index (χ0v) is 25.0. The lowest BCUT2D eigenvalue weighted by molar-refractivity contribution is -0.139. The maximum absolute atomic E-state index is 14.0. The summed E-state index contributed by atoms with van der Waals surface area (Å²) in [5, 5.41) is 3.30. The van der Waals surface area contributed by atoms with Gasteiger partial charge in [0.15, 0.2) is 0 Å². The molecule has 0 saturated carbocycles. The molecule has 3 aromatic carbocycles. The van der Waals surface area contributed by atoms with Crippen LogP contribution in [0.2, 0.25) is 5.02 Å². The van der Waals surface area contributed by atoms with Gasteiger partial charge in [-0.3, -0.25) is 13.9 Å². The second-order valence-electron chi connectivity index (χ2n) is 9.93. The molecular formula is C30H36ClN3O5S. The van der Waals surface area contributed by atoms with Crippen LogP contribution in [0.5, 0.6) is 5.75 Å². The molecule has 0 heterocycles. The number of rotatable bonds is 12. The third-order valence-corrected chi connectivity index (χ3v) is 8.51. The standard InChI is InChI=1S/C30H36ClN3O5S/c1-21(2)18-32-30(36)23(4)33(19-24-11-9-10-14-26(24)31)29(35)20-34(27-17-22(3)15-16-28(27)39-5)40(37,38)25-12-7-6-8-13-25/h6-17,21,23H,18-20H2,1-5H3,(H,32,36)/t23-/m0/s1. The number of ether oxygens (including phenoxy) is 1.